The van der Waals surface area contributed by atoms with Crippen molar-refractivity contribution in [2.24, 2.45) is 0 Å². The molecule has 1 fully saturated rings. The van der Waals surface area contributed by atoms with Crippen LogP contribution in [0.25, 0.3) is 11.1 Å². The summed E-state index contributed by atoms with van der Waals surface area (Å²) in [5, 5.41) is 2.96. The van der Waals surface area contributed by atoms with Crippen molar-refractivity contribution < 1.29 is 19.1 Å². The van der Waals surface area contributed by atoms with Gasteiger partial charge in [0, 0.05) is 25.7 Å². The maximum atomic E-state index is 11.9. The van der Waals surface area contributed by atoms with E-state index in [2.05, 4.69) is 11.4 Å². The largest absolute Gasteiger partial charge is 0.419 e. The van der Waals surface area contributed by atoms with Crippen molar-refractivity contribution in [2.75, 3.05) is 5.32 Å². The van der Waals surface area contributed by atoms with Gasteiger partial charge in [0.1, 0.15) is 0 Å². The van der Waals surface area contributed by atoms with Gasteiger partial charge >= 0.3 is 11.9 Å². The van der Waals surface area contributed by atoms with Crippen molar-refractivity contribution in [3.8, 4) is 11.1 Å². The minimum atomic E-state index is -1.24. The topological polar surface area (TPSA) is 64.6 Å². The zero-order valence-corrected chi connectivity index (χ0v) is 14.3. The molecule has 0 bridgehead atoms. The zero-order valence-electron chi connectivity index (χ0n) is 14.3. The van der Waals surface area contributed by atoms with E-state index in [-0.39, 0.29) is 5.57 Å². The summed E-state index contributed by atoms with van der Waals surface area (Å²) >= 11 is 0. The lowest BCUT2D eigenvalue weighted by Crippen LogP contribution is -2.42. The van der Waals surface area contributed by atoms with Crippen LogP contribution < -0.4 is 5.32 Å². The summed E-state index contributed by atoms with van der Waals surface area (Å²) in [6, 6.07) is 15.9. The highest BCUT2D eigenvalue weighted by atomic mass is 16.7. The average Bonchev–Trinajstić information content (AvgIpc) is 2.53. The monoisotopic (exact) mass is 337 g/mol. The van der Waals surface area contributed by atoms with Crippen molar-refractivity contribution in [3.63, 3.8) is 0 Å². The van der Waals surface area contributed by atoms with E-state index >= 15 is 0 Å². The fourth-order valence-electron chi connectivity index (χ4n) is 2.55. The third kappa shape index (κ3) is 3.88. The first-order chi connectivity index (χ1) is 11.8. The molecule has 5 nitrogen and oxygen atoms in total. The second-order valence-corrected chi connectivity index (χ2v) is 6.33. The summed E-state index contributed by atoms with van der Waals surface area (Å²) < 4.78 is 10.1. The van der Waals surface area contributed by atoms with Gasteiger partial charge in [-0.25, -0.2) is 9.59 Å². The molecule has 3 rings (SSSR count). The van der Waals surface area contributed by atoms with Crippen LogP contribution in [0.4, 0.5) is 5.69 Å². The summed E-state index contributed by atoms with van der Waals surface area (Å²) in [7, 11) is 0. The number of esters is 2. The quantitative estimate of drug-likeness (QED) is 0.524. The van der Waals surface area contributed by atoms with Gasteiger partial charge in [-0.1, -0.05) is 42.0 Å². The summed E-state index contributed by atoms with van der Waals surface area (Å²) in [4.78, 5) is 23.9. The summed E-state index contributed by atoms with van der Waals surface area (Å²) in [5.41, 5.74) is 3.88. The lowest BCUT2D eigenvalue weighted by atomic mass is 10.0. The van der Waals surface area contributed by atoms with Gasteiger partial charge in [-0.05, 0) is 30.2 Å². The second kappa shape index (κ2) is 6.43. The average molecular weight is 337 g/mol. The fourth-order valence-corrected chi connectivity index (χ4v) is 2.55. The molecular weight excluding hydrogens is 318 g/mol. The molecule has 0 saturated carbocycles. The van der Waals surface area contributed by atoms with Gasteiger partial charge in [0.15, 0.2) is 5.57 Å². The molecule has 0 unspecified atom stereocenters. The van der Waals surface area contributed by atoms with Crippen molar-refractivity contribution in [3.05, 3.63) is 65.9 Å². The van der Waals surface area contributed by atoms with Crippen LogP contribution in [0.2, 0.25) is 0 Å². The third-order valence-electron chi connectivity index (χ3n) is 3.71. The number of carbonyl (C=O) groups excluding carboxylic acids is 2. The Kier molecular flexibility index (Phi) is 4.31. The van der Waals surface area contributed by atoms with Crippen molar-refractivity contribution in [2.45, 2.75) is 26.6 Å². The third-order valence-corrected chi connectivity index (χ3v) is 3.71. The number of ether oxygens (including phenoxy) is 2. The molecule has 0 radical (unpaired) electrons. The Balaban J connectivity index is 1.81. The molecule has 2 aromatic carbocycles. The molecule has 1 saturated heterocycles. The SMILES string of the molecule is Cc1cccc(-c2cccc(NC=C3C(=O)OC(C)(C)OC3=O)c2)c1. The Bertz CT molecular complexity index is 846. The normalized spacial score (nSPS) is 16.0. The van der Waals surface area contributed by atoms with Gasteiger partial charge in [0.25, 0.3) is 5.79 Å². The van der Waals surface area contributed by atoms with Crippen LogP contribution in [0.5, 0.6) is 0 Å². The molecule has 0 spiro atoms. The number of cyclic esters (lactones) is 2. The molecule has 0 aromatic heterocycles. The van der Waals surface area contributed by atoms with Gasteiger partial charge in [0.05, 0.1) is 0 Å². The number of benzene rings is 2. The van der Waals surface area contributed by atoms with Crippen LogP contribution in [-0.2, 0) is 19.1 Å². The Morgan fingerprint density at radius 1 is 0.920 bits per heavy atom. The lowest BCUT2D eigenvalue weighted by molar-refractivity contribution is -0.222. The Hall–Kier alpha value is -3.08. The van der Waals surface area contributed by atoms with Crippen molar-refractivity contribution >= 4 is 17.6 Å². The van der Waals surface area contributed by atoms with E-state index < -0.39 is 17.7 Å². The van der Waals surface area contributed by atoms with Gasteiger partial charge < -0.3 is 14.8 Å². The van der Waals surface area contributed by atoms with Crippen LogP contribution in [0.15, 0.2) is 60.3 Å². The number of hydrogen-bond acceptors (Lipinski definition) is 5. The fraction of sp³-hybridized carbons (Fsp3) is 0.200. The number of carbonyl (C=O) groups is 2. The number of rotatable bonds is 3. The molecule has 1 aliphatic rings. The number of aryl methyl sites for hydroxylation is 1. The number of nitrogens with one attached hydrogen (secondary N) is 1. The molecule has 2 aromatic rings. The molecule has 0 amide bonds. The molecule has 25 heavy (non-hydrogen) atoms. The molecular formula is C20H19NO4. The smallest absolute Gasteiger partial charge is 0.350 e. The first-order valence-electron chi connectivity index (χ1n) is 7.94. The first-order valence-corrected chi connectivity index (χ1v) is 7.94. The molecule has 0 atom stereocenters. The molecule has 1 N–H and O–H groups in total. The highest BCUT2D eigenvalue weighted by molar-refractivity contribution is 6.15. The van der Waals surface area contributed by atoms with Gasteiger partial charge in [-0.3, -0.25) is 0 Å². The predicted octanol–water partition coefficient (Wildman–Crippen LogP) is 3.79. The van der Waals surface area contributed by atoms with Crippen LogP contribution in [0.1, 0.15) is 19.4 Å². The van der Waals surface area contributed by atoms with Crippen molar-refractivity contribution in [1.82, 2.24) is 0 Å². The maximum Gasteiger partial charge on any atom is 0.350 e. The van der Waals surface area contributed by atoms with Gasteiger partial charge in [-0.15, -0.1) is 0 Å². The zero-order chi connectivity index (χ0) is 18.0. The van der Waals surface area contributed by atoms with E-state index in [0.717, 1.165) is 16.8 Å². The summed E-state index contributed by atoms with van der Waals surface area (Å²) in [5.74, 6) is -2.65. The molecule has 5 heteroatoms. The number of hydrogen-bond donors (Lipinski definition) is 1. The molecule has 128 valence electrons. The Morgan fingerprint density at radius 2 is 1.52 bits per heavy atom. The first kappa shape index (κ1) is 16.8. The minimum Gasteiger partial charge on any atom is -0.419 e. The van der Waals surface area contributed by atoms with E-state index in [0.29, 0.717) is 0 Å². The summed E-state index contributed by atoms with van der Waals surface area (Å²) in [6.07, 6.45) is 1.31. The van der Waals surface area contributed by atoms with Crippen LogP contribution in [0.3, 0.4) is 0 Å². The molecule has 1 heterocycles. The van der Waals surface area contributed by atoms with Crippen molar-refractivity contribution in [1.29, 1.82) is 0 Å². The Morgan fingerprint density at radius 3 is 2.16 bits per heavy atom. The molecule has 1 aliphatic heterocycles. The second-order valence-electron chi connectivity index (χ2n) is 6.33. The molecule has 0 aliphatic carbocycles. The maximum absolute atomic E-state index is 11.9. The standard InChI is InChI=1S/C20H19NO4/c1-13-6-4-7-14(10-13)15-8-5-9-16(11-15)21-12-17-18(22)24-20(2,3)25-19(17)23/h4-12,21H,1-3H3. The van der Waals surface area contributed by atoms with Gasteiger partial charge in [0.2, 0.25) is 0 Å². The Labute approximate surface area is 146 Å². The number of anilines is 1. The summed E-state index contributed by atoms with van der Waals surface area (Å²) in [6.45, 7) is 5.06. The van der Waals surface area contributed by atoms with E-state index in [1.807, 2.05) is 49.4 Å². The van der Waals surface area contributed by atoms with Crippen LogP contribution in [0, 0.1) is 6.92 Å². The highest BCUT2D eigenvalue weighted by Gasteiger charge is 2.38. The lowest BCUT2D eigenvalue weighted by Gasteiger charge is -2.29. The van der Waals surface area contributed by atoms with E-state index in [1.165, 1.54) is 25.6 Å². The van der Waals surface area contributed by atoms with Crippen LogP contribution >= 0.6 is 0 Å². The van der Waals surface area contributed by atoms with E-state index in [4.69, 9.17) is 9.47 Å². The van der Waals surface area contributed by atoms with E-state index in [9.17, 15) is 9.59 Å². The minimum absolute atomic E-state index is 0.166. The highest BCUT2D eigenvalue weighted by Crippen LogP contribution is 2.25. The predicted molar refractivity (Wildman–Crippen MR) is 94.6 cm³/mol. The van der Waals surface area contributed by atoms with E-state index in [1.54, 1.807) is 0 Å². The van der Waals surface area contributed by atoms with Gasteiger partial charge in [-0.2, -0.15) is 0 Å². The van der Waals surface area contributed by atoms with Crippen LogP contribution in [-0.4, -0.2) is 17.7 Å².